The Labute approximate surface area is 270 Å². The molecule has 0 saturated carbocycles. The van der Waals surface area contributed by atoms with E-state index in [0.717, 1.165) is 34.6 Å². The van der Waals surface area contributed by atoms with Gasteiger partial charge >= 0.3 is 29.8 Å². The van der Waals surface area contributed by atoms with E-state index in [9.17, 15) is 28.8 Å². The summed E-state index contributed by atoms with van der Waals surface area (Å²) in [5.74, 6) is -4.10. The lowest BCUT2D eigenvalue weighted by Crippen LogP contribution is -2.55. The van der Waals surface area contributed by atoms with E-state index < -0.39 is 66.4 Å². The zero-order valence-corrected chi connectivity index (χ0v) is 26.8. The van der Waals surface area contributed by atoms with Crippen LogP contribution in [0.3, 0.4) is 0 Å². The summed E-state index contributed by atoms with van der Waals surface area (Å²) in [5, 5.41) is 8.54. The highest BCUT2D eigenvalue weighted by Gasteiger charge is 2.44. The molecule has 3 aromatic rings. The van der Waals surface area contributed by atoms with Gasteiger partial charge in [0.05, 0.1) is 12.2 Å². The molecule has 1 heterocycles. The number of hydrogen-bond acceptors (Lipinski definition) is 14. The summed E-state index contributed by atoms with van der Waals surface area (Å²) in [7, 11) is 1.52. The van der Waals surface area contributed by atoms with E-state index in [2.05, 4.69) is 10.2 Å². The molecule has 2 aromatic carbocycles. The maximum Gasteiger partial charge on any atom is 0.303 e. The largest absolute Gasteiger partial charge is 0.462 e. The van der Waals surface area contributed by atoms with E-state index in [-0.39, 0.29) is 18.2 Å². The third-order valence-electron chi connectivity index (χ3n) is 6.45. The number of rotatable bonds is 14. The molecule has 3 rings (SSSR count). The molecule has 4 atom stereocenters. The lowest BCUT2D eigenvalue weighted by atomic mass is 10.0. The fourth-order valence-corrected chi connectivity index (χ4v) is 4.69. The Balaban J connectivity index is 2.16. The number of hydrogen-bond donors (Lipinski definition) is 0. The molecule has 250 valence electrons. The Hall–Kier alpha value is -5.60. The van der Waals surface area contributed by atoms with Crippen LogP contribution in [0.4, 0.5) is 5.95 Å². The average Bonchev–Trinajstić information content (AvgIpc) is 3.00. The Morgan fingerprint density at radius 2 is 1.17 bits per heavy atom. The number of nitrogens with zero attached hydrogens (tertiary/aromatic N) is 4. The molecule has 0 aliphatic carbocycles. The maximum atomic E-state index is 13.9. The van der Waals surface area contributed by atoms with Crippen molar-refractivity contribution in [3.8, 4) is 16.9 Å². The van der Waals surface area contributed by atoms with E-state index in [1.54, 1.807) is 60.7 Å². The van der Waals surface area contributed by atoms with Gasteiger partial charge in [0.1, 0.15) is 6.61 Å². The molecule has 15 nitrogen and oxygen atoms in total. The molecule has 0 bridgehead atoms. The van der Waals surface area contributed by atoms with Crippen molar-refractivity contribution in [2.75, 3.05) is 25.1 Å². The third kappa shape index (κ3) is 10.2. The number of anilines is 1. The first-order valence-electron chi connectivity index (χ1n) is 14.4. The van der Waals surface area contributed by atoms with Crippen LogP contribution in [0.25, 0.3) is 16.9 Å². The van der Waals surface area contributed by atoms with Crippen LogP contribution in [-0.2, 0) is 47.7 Å². The zero-order valence-electron chi connectivity index (χ0n) is 26.8. The molecular formula is C32H36N4O11. The van der Waals surface area contributed by atoms with Gasteiger partial charge in [-0.2, -0.15) is 0 Å². The smallest absolute Gasteiger partial charge is 0.303 e. The monoisotopic (exact) mass is 652 g/mol. The van der Waals surface area contributed by atoms with Crippen molar-refractivity contribution in [1.82, 2.24) is 14.8 Å². The van der Waals surface area contributed by atoms with Crippen LogP contribution in [0, 0.1) is 0 Å². The van der Waals surface area contributed by atoms with Gasteiger partial charge in [0.25, 0.3) is 5.56 Å². The molecule has 0 amide bonds. The number of likely N-dealkylation sites (N-methyl/N-ethyl adjacent to an activating group) is 1. The van der Waals surface area contributed by atoms with Crippen LogP contribution in [-0.4, -0.2) is 89.2 Å². The van der Waals surface area contributed by atoms with Gasteiger partial charge < -0.3 is 28.6 Å². The molecular weight excluding hydrogens is 616 g/mol. The topological polar surface area (TPSA) is 183 Å². The zero-order chi connectivity index (χ0) is 34.7. The summed E-state index contributed by atoms with van der Waals surface area (Å²) >= 11 is 0. The minimum absolute atomic E-state index is 0.0140. The van der Waals surface area contributed by atoms with Gasteiger partial charge in [-0.05, 0) is 12.1 Å². The van der Waals surface area contributed by atoms with Crippen LogP contribution < -0.4 is 10.5 Å². The molecule has 0 radical (unpaired) electrons. The number of carbonyl (C=O) groups is 5. The third-order valence-corrected chi connectivity index (χ3v) is 6.45. The molecule has 1 aromatic heterocycles. The highest BCUT2D eigenvalue weighted by molar-refractivity contribution is 5.69. The molecule has 0 aliphatic rings. The first-order valence-corrected chi connectivity index (χ1v) is 14.4. The fourth-order valence-electron chi connectivity index (χ4n) is 4.69. The summed E-state index contributed by atoms with van der Waals surface area (Å²) in [6, 6.07) is 17.4. The summed E-state index contributed by atoms with van der Waals surface area (Å²) in [6.07, 6.45) is -6.16. The predicted molar refractivity (Wildman–Crippen MR) is 165 cm³/mol. The molecule has 0 fully saturated rings. The number of aromatic nitrogens is 3. The highest BCUT2D eigenvalue weighted by Crippen LogP contribution is 2.23. The van der Waals surface area contributed by atoms with Crippen LogP contribution in [0.2, 0.25) is 0 Å². The van der Waals surface area contributed by atoms with E-state index in [4.69, 9.17) is 23.7 Å². The van der Waals surface area contributed by atoms with Gasteiger partial charge in [-0.25, -0.2) is 4.57 Å². The summed E-state index contributed by atoms with van der Waals surface area (Å²) < 4.78 is 28.2. The standard InChI is InChI=1S/C32H36N4O11/c1-19(37)43-18-27(45-21(3)39)30(47-23(5)41)29(46-22(4)40)26(44-20(2)38)17-35(6)32-34-33-28(24-13-9-7-10-14-24)31(42)36(32)25-15-11-8-12-16-25/h7-16,26-27,29-30H,17-18H2,1-6H3/t26-,27+,29+,30+/m0/s1. The van der Waals surface area contributed by atoms with E-state index >= 15 is 0 Å². The second-order valence-electron chi connectivity index (χ2n) is 10.3. The lowest BCUT2D eigenvalue weighted by molar-refractivity contribution is -0.201. The van der Waals surface area contributed by atoms with E-state index in [1.165, 1.54) is 16.5 Å². The van der Waals surface area contributed by atoms with Gasteiger partial charge in [0, 0.05) is 47.2 Å². The highest BCUT2D eigenvalue weighted by atomic mass is 16.6. The Kier molecular flexibility index (Phi) is 12.7. The number of carbonyl (C=O) groups excluding carboxylic acids is 5. The minimum Gasteiger partial charge on any atom is -0.462 e. The second-order valence-corrected chi connectivity index (χ2v) is 10.3. The number of ether oxygens (including phenoxy) is 5. The molecule has 47 heavy (non-hydrogen) atoms. The van der Waals surface area contributed by atoms with Crippen LogP contribution >= 0.6 is 0 Å². The van der Waals surface area contributed by atoms with Crippen molar-refractivity contribution < 1.29 is 47.7 Å². The van der Waals surface area contributed by atoms with E-state index in [1.807, 2.05) is 0 Å². The Morgan fingerprint density at radius 1 is 0.681 bits per heavy atom. The van der Waals surface area contributed by atoms with Crippen LogP contribution in [0.5, 0.6) is 0 Å². The summed E-state index contributed by atoms with van der Waals surface area (Å²) in [4.78, 5) is 76.0. The van der Waals surface area contributed by atoms with Crippen LogP contribution in [0.1, 0.15) is 34.6 Å². The SMILES string of the molecule is CC(=O)OC[C@@H](OC(C)=O)[C@@H](OC(C)=O)[C@H](OC(C)=O)[C@H](CN(C)c1nnc(-c2ccccc2)c(=O)n1-c1ccccc1)OC(C)=O. The molecule has 15 heteroatoms. The first-order chi connectivity index (χ1) is 22.3. The summed E-state index contributed by atoms with van der Waals surface area (Å²) in [5.41, 5.74) is 0.547. The van der Waals surface area contributed by atoms with Gasteiger partial charge in [-0.3, -0.25) is 28.8 Å². The summed E-state index contributed by atoms with van der Waals surface area (Å²) in [6.45, 7) is 4.51. The van der Waals surface area contributed by atoms with Crippen molar-refractivity contribution in [2.24, 2.45) is 0 Å². The van der Waals surface area contributed by atoms with E-state index in [0.29, 0.717) is 11.3 Å². The molecule has 0 aliphatic heterocycles. The van der Waals surface area contributed by atoms with Crippen molar-refractivity contribution in [3.05, 3.63) is 71.0 Å². The van der Waals surface area contributed by atoms with Crippen molar-refractivity contribution in [3.63, 3.8) is 0 Å². The average molecular weight is 653 g/mol. The number of benzene rings is 2. The molecule has 0 N–H and O–H groups in total. The first kappa shape index (κ1) is 35.9. The van der Waals surface area contributed by atoms with Gasteiger partial charge in [-0.15, -0.1) is 10.2 Å². The molecule has 0 unspecified atom stereocenters. The minimum atomic E-state index is -1.62. The fraction of sp³-hybridized carbons (Fsp3) is 0.375. The van der Waals surface area contributed by atoms with Crippen molar-refractivity contribution in [2.45, 2.75) is 59.0 Å². The second kappa shape index (κ2) is 16.6. The Morgan fingerprint density at radius 3 is 1.68 bits per heavy atom. The van der Waals surface area contributed by atoms with Gasteiger partial charge in [0.2, 0.25) is 5.95 Å². The van der Waals surface area contributed by atoms with Gasteiger partial charge in [0.15, 0.2) is 30.1 Å². The van der Waals surface area contributed by atoms with Crippen molar-refractivity contribution >= 4 is 35.8 Å². The normalized spacial score (nSPS) is 13.2. The quantitative estimate of drug-likeness (QED) is 0.182. The predicted octanol–water partition coefficient (Wildman–Crippen LogP) is 2.02. The van der Waals surface area contributed by atoms with Gasteiger partial charge in [-0.1, -0.05) is 48.5 Å². The maximum absolute atomic E-state index is 13.9. The lowest BCUT2D eigenvalue weighted by Gasteiger charge is -2.36. The number of esters is 5. The molecule has 0 saturated heterocycles. The number of para-hydroxylation sites is 1. The molecule has 0 spiro atoms. The Bertz CT molecular complexity index is 1630. The van der Waals surface area contributed by atoms with Crippen molar-refractivity contribution in [1.29, 1.82) is 0 Å². The van der Waals surface area contributed by atoms with Crippen LogP contribution in [0.15, 0.2) is 65.5 Å².